The number of rotatable bonds is 10. The minimum atomic E-state index is -0.618. The summed E-state index contributed by atoms with van der Waals surface area (Å²) in [5.74, 6) is -1.24. The molecule has 0 fully saturated rings. The van der Waals surface area contributed by atoms with Gasteiger partial charge >= 0.3 is 0 Å². The van der Waals surface area contributed by atoms with Gasteiger partial charge in [0.2, 0.25) is 0 Å². The molecular formula is C15H24F2N2O2. The molecule has 0 aromatic heterocycles. The minimum absolute atomic E-state index is 0.111. The smallest absolute Gasteiger partial charge is 0.149 e. The standard InChI is InChI=1S/C15H24F2N2O2/c1-3-4-18-11-12-9-13(16)15(14(17)10-12)19(5-7-20)6-8-21-2/h9-10,18,20H,3-8,11H2,1-2H3. The Morgan fingerprint density at radius 1 is 1.24 bits per heavy atom. The van der Waals surface area contributed by atoms with E-state index >= 15 is 0 Å². The van der Waals surface area contributed by atoms with Gasteiger partial charge in [0.25, 0.3) is 0 Å². The molecule has 4 nitrogen and oxygen atoms in total. The molecule has 0 amide bonds. The quantitative estimate of drug-likeness (QED) is 0.648. The van der Waals surface area contributed by atoms with Crippen molar-refractivity contribution in [3.8, 4) is 0 Å². The van der Waals surface area contributed by atoms with Crippen LogP contribution in [0.15, 0.2) is 12.1 Å². The highest BCUT2D eigenvalue weighted by Crippen LogP contribution is 2.25. The van der Waals surface area contributed by atoms with Crippen LogP contribution in [0.25, 0.3) is 0 Å². The maximum absolute atomic E-state index is 14.2. The third-order valence-corrected chi connectivity index (χ3v) is 3.08. The van der Waals surface area contributed by atoms with Crippen molar-refractivity contribution < 1.29 is 18.6 Å². The van der Waals surface area contributed by atoms with Crippen molar-refractivity contribution in [2.75, 3.05) is 44.9 Å². The van der Waals surface area contributed by atoms with Crippen molar-refractivity contribution in [2.45, 2.75) is 19.9 Å². The first-order chi connectivity index (χ1) is 10.1. The topological polar surface area (TPSA) is 44.7 Å². The zero-order chi connectivity index (χ0) is 15.7. The summed E-state index contributed by atoms with van der Waals surface area (Å²) >= 11 is 0. The molecule has 0 aliphatic heterocycles. The molecule has 0 unspecified atom stereocenters. The molecule has 120 valence electrons. The molecule has 6 heteroatoms. The highest BCUT2D eigenvalue weighted by atomic mass is 19.1. The molecule has 0 radical (unpaired) electrons. The van der Waals surface area contributed by atoms with Gasteiger partial charge < -0.3 is 20.1 Å². The highest BCUT2D eigenvalue weighted by Gasteiger charge is 2.17. The summed E-state index contributed by atoms with van der Waals surface area (Å²) in [7, 11) is 1.52. The zero-order valence-electron chi connectivity index (χ0n) is 12.7. The van der Waals surface area contributed by atoms with Gasteiger partial charge in [0.1, 0.15) is 17.3 Å². The van der Waals surface area contributed by atoms with Gasteiger partial charge in [-0.1, -0.05) is 6.92 Å². The lowest BCUT2D eigenvalue weighted by molar-refractivity contribution is 0.202. The lowest BCUT2D eigenvalue weighted by Gasteiger charge is -2.25. The molecule has 0 saturated carbocycles. The Kier molecular flexibility index (Phi) is 8.19. The van der Waals surface area contributed by atoms with Gasteiger partial charge in [0, 0.05) is 26.7 Å². The molecule has 0 atom stereocenters. The number of methoxy groups -OCH3 is 1. The van der Waals surface area contributed by atoms with E-state index in [1.165, 1.54) is 24.1 Å². The summed E-state index contributed by atoms with van der Waals surface area (Å²) in [6.07, 6.45) is 0.963. The van der Waals surface area contributed by atoms with Gasteiger partial charge in [-0.15, -0.1) is 0 Å². The van der Waals surface area contributed by atoms with Gasteiger partial charge in [-0.3, -0.25) is 0 Å². The number of aliphatic hydroxyl groups excluding tert-OH is 1. The fourth-order valence-corrected chi connectivity index (χ4v) is 2.09. The average Bonchev–Trinajstić information content (AvgIpc) is 2.44. The highest BCUT2D eigenvalue weighted by molar-refractivity contribution is 5.50. The largest absolute Gasteiger partial charge is 0.395 e. The molecule has 2 N–H and O–H groups in total. The van der Waals surface area contributed by atoms with Crippen LogP contribution in [0.1, 0.15) is 18.9 Å². The Morgan fingerprint density at radius 2 is 1.90 bits per heavy atom. The van der Waals surface area contributed by atoms with Gasteiger partial charge in [-0.2, -0.15) is 0 Å². The van der Waals surface area contributed by atoms with E-state index in [1.54, 1.807) is 0 Å². The molecule has 1 aromatic rings. The second-order valence-corrected chi connectivity index (χ2v) is 4.79. The van der Waals surface area contributed by atoms with Crippen molar-refractivity contribution >= 4 is 5.69 Å². The number of hydrogen-bond acceptors (Lipinski definition) is 4. The van der Waals surface area contributed by atoms with Gasteiger partial charge in [-0.05, 0) is 30.7 Å². The van der Waals surface area contributed by atoms with Crippen LogP contribution >= 0.6 is 0 Å². The Hall–Kier alpha value is -1.24. The first-order valence-corrected chi connectivity index (χ1v) is 7.17. The molecule has 0 heterocycles. The fraction of sp³-hybridized carbons (Fsp3) is 0.600. The van der Waals surface area contributed by atoms with Crippen LogP contribution in [0.5, 0.6) is 0 Å². The number of nitrogens with zero attached hydrogens (tertiary/aromatic N) is 1. The van der Waals surface area contributed by atoms with Crippen LogP contribution in [0.2, 0.25) is 0 Å². The van der Waals surface area contributed by atoms with Crippen molar-refractivity contribution in [1.82, 2.24) is 5.32 Å². The second kappa shape index (κ2) is 9.65. The molecular weight excluding hydrogens is 278 g/mol. The van der Waals surface area contributed by atoms with Gasteiger partial charge in [0.15, 0.2) is 0 Å². The Morgan fingerprint density at radius 3 is 2.43 bits per heavy atom. The number of anilines is 1. The number of halogens is 2. The fourth-order valence-electron chi connectivity index (χ4n) is 2.09. The third-order valence-electron chi connectivity index (χ3n) is 3.08. The maximum atomic E-state index is 14.2. The summed E-state index contributed by atoms with van der Waals surface area (Å²) in [5, 5.41) is 12.1. The first kappa shape index (κ1) is 17.8. The molecule has 0 saturated heterocycles. The van der Waals surface area contributed by atoms with Crippen molar-refractivity contribution in [3.63, 3.8) is 0 Å². The number of ether oxygens (including phenoxy) is 1. The van der Waals surface area contributed by atoms with E-state index in [4.69, 9.17) is 9.84 Å². The lowest BCUT2D eigenvalue weighted by atomic mass is 10.1. The first-order valence-electron chi connectivity index (χ1n) is 7.17. The van der Waals surface area contributed by atoms with Crippen LogP contribution in [-0.4, -0.2) is 45.1 Å². The normalized spacial score (nSPS) is 10.9. The third kappa shape index (κ3) is 5.57. The van der Waals surface area contributed by atoms with Crippen molar-refractivity contribution in [2.24, 2.45) is 0 Å². The van der Waals surface area contributed by atoms with E-state index in [2.05, 4.69) is 5.32 Å². The maximum Gasteiger partial charge on any atom is 0.149 e. The number of aliphatic hydroxyl groups is 1. The van der Waals surface area contributed by atoms with Crippen LogP contribution < -0.4 is 10.2 Å². The minimum Gasteiger partial charge on any atom is -0.395 e. The van der Waals surface area contributed by atoms with Crippen LogP contribution in [0.4, 0.5) is 14.5 Å². The number of hydrogen-bond donors (Lipinski definition) is 2. The summed E-state index contributed by atoms with van der Waals surface area (Å²) in [6, 6.07) is 2.66. The zero-order valence-corrected chi connectivity index (χ0v) is 12.7. The molecule has 0 aliphatic carbocycles. The predicted octanol–water partition coefficient (Wildman–Crippen LogP) is 1.91. The molecule has 0 spiro atoms. The van der Waals surface area contributed by atoms with Crippen LogP contribution in [0.3, 0.4) is 0 Å². The van der Waals surface area contributed by atoms with Crippen molar-refractivity contribution in [3.05, 3.63) is 29.3 Å². The molecule has 1 aromatic carbocycles. The Balaban J connectivity index is 2.89. The monoisotopic (exact) mass is 302 g/mol. The average molecular weight is 302 g/mol. The summed E-state index contributed by atoms with van der Waals surface area (Å²) in [5.41, 5.74) is 0.457. The van der Waals surface area contributed by atoms with E-state index < -0.39 is 11.6 Å². The molecule has 1 rings (SSSR count). The predicted molar refractivity (Wildman–Crippen MR) is 79.5 cm³/mol. The Labute approximate surface area is 124 Å². The van der Waals surface area contributed by atoms with E-state index in [0.29, 0.717) is 25.3 Å². The van der Waals surface area contributed by atoms with Gasteiger partial charge in [0.05, 0.1) is 13.2 Å². The van der Waals surface area contributed by atoms with Crippen LogP contribution in [0, 0.1) is 11.6 Å². The van der Waals surface area contributed by atoms with E-state index in [-0.39, 0.29) is 18.8 Å². The molecule has 0 bridgehead atoms. The van der Waals surface area contributed by atoms with E-state index in [1.807, 2.05) is 6.92 Å². The number of benzene rings is 1. The summed E-state index contributed by atoms with van der Waals surface area (Å²) in [6.45, 7) is 3.89. The lowest BCUT2D eigenvalue weighted by Crippen LogP contribution is -2.32. The van der Waals surface area contributed by atoms with Crippen molar-refractivity contribution in [1.29, 1.82) is 0 Å². The van der Waals surface area contributed by atoms with Gasteiger partial charge in [-0.25, -0.2) is 8.78 Å². The summed E-state index contributed by atoms with van der Waals surface area (Å²) in [4.78, 5) is 1.46. The molecule has 21 heavy (non-hydrogen) atoms. The number of nitrogens with one attached hydrogen (secondary N) is 1. The van der Waals surface area contributed by atoms with E-state index in [9.17, 15) is 8.78 Å². The SMILES string of the molecule is CCCNCc1cc(F)c(N(CCO)CCOC)c(F)c1. The second-order valence-electron chi connectivity index (χ2n) is 4.79. The molecule has 0 aliphatic rings. The Bertz CT molecular complexity index is 407. The van der Waals surface area contributed by atoms with Crippen LogP contribution in [-0.2, 0) is 11.3 Å². The van der Waals surface area contributed by atoms with E-state index in [0.717, 1.165) is 13.0 Å². The summed E-state index contributed by atoms with van der Waals surface area (Å²) < 4.78 is 33.3.